The van der Waals surface area contributed by atoms with Crippen molar-refractivity contribution in [3.63, 3.8) is 0 Å². The van der Waals surface area contributed by atoms with E-state index in [0.717, 1.165) is 0 Å². The summed E-state index contributed by atoms with van der Waals surface area (Å²) >= 11 is 0. The number of halogens is 1. The van der Waals surface area contributed by atoms with Gasteiger partial charge in [0, 0.05) is 19.0 Å². The van der Waals surface area contributed by atoms with E-state index in [1.54, 1.807) is 18.2 Å². The first-order valence-corrected chi connectivity index (χ1v) is 5.36. The summed E-state index contributed by atoms with van der Waals surface area (Å²) in [6.07, 6.45) is 0.503. The van der Waals surface area contributed by atoms with Crippen LogP contribution in [-0.2, 0) is 4.79 Å². The Labute approximate surface area is 93.3 Å². The molecule has 0 amide bonds. The normalized spacial score (nSPS) is 25.3. The van der Waals surface area contributed by atoms with Gasteiger partial charge in [-0.3, -0.25) is 4.79 Å². The average Bonchev–Trinajstić information content (AvgIpc) is 2.30. The van der Waals surface area contributed by atoms with Crippen LogP contribution < -0.4 is 5.32 Å². The van der Waals surface area contributed by atoms with E-state index < -0.39 is 11.9 Å². The van der Waals surface area contributed by atoms with Crippen molar-refractivity contribution in [3.05, 3.63) is 35.6 Å². The van der Waals surface area contributed by atoms with Crippen molar-refractivity contribution in [2.45, 2.75) is 12.3 Å². The van der Waals surface area contributed by atoms with Gasteiger partial charge in [0.05, 0.1) is 5.92 Å². The van der Waals surface area contributed by atoms with Gasteiger partial charge in [-0.1, -0.05) is 18.2 Å². The highest BCUT2D eigenvalue weighted by atomic mass is 19.1. The summed E-state index contributed by atoms with van der Waals surface area (Å²) in [5, 5.41) is 12.0. The molecular formula is C12H14FNO2. The number of carbonyl (C=O) groups is 1. The fourth-order valence-electron chi connectivity index (χ4n) is 2.17. The predicted molar refractivity (Wildman–Crippen MR) is 57.8 cm³/mol. The molecule has 1 aromatic rings. The Kier molecular flexibility index (Phi) is 3.19. The Hall–Kier alpha value is -1.42. The number of carboxylic acid groups (broad SMARTS) is 1. The second-order valence-corrected chi connectivity index (χ2v) is 4.15. The topological polar surface area (TPSA) is 49.3 Å². The van der Waals surface area contributed by atoms with Crippen LogP contribution in [0.1, 0.15) is 17.9 Å². The lowest BCUT2D eigenvalue weighted by atomic mass is 9.85. The third-order valence-electron chi connectivity index (χ3n) is 3.04. The summed E-state index contributed by atoms with van der Waals surface area (Å²) in [4.78, 5) is 10.9. The van der Waals surface area contributed by atoms with Gasteiger partial charge in [0.1, 0.15) is 5.82 Å². The van der Waals surface area contributed by atoms with Crippen LogP contribution in [0.15, 0.2) is 24.3 Å². The molecule has 4 heteroatoms. The third kappa shape index (κ3) is 2.22. The number of aliphatic carboxylic acids is 1. The Morgan fingerprint density at radius 2 is 2.12 bits per heavy atom. The molecule has 16 heavy (non-hydrogen) atoms. The van der Waals surface area contributed by atoms with E-state index in [4.69, 9.17) is 5.11 Å². The molecule has 0 spiro atoms. The van der Waals surface area contributed by atoms with E-state index in [1.165, 1.54) is 6.07 Å². The Balaban J connectivity index is 2.16. The van der Waals surface area contributed by atoms with E-state index >= 15 is 0 Å². The van der Waals surface area contributed by atoms with Gasteiger partial charge in [-0.15, -0.1) is 0 Å². The number of carboxylic acids is 1. The summed E-state index contributed by atoms with van der Waals surface area (Å²) in [5.74, 6) is -1.52. The predicted octanol–water partition coefficient (Wildman–Crippen LogP) is 1.60. The zero-order chi connectivity index (χ0) is 11.5. The first-order chi connectivity index (χ1) is 7.68. The average molecular weight is 223 g/mol. The van der Waals surface area contributed by atoms with Crippen molar-refractivity contribution in [2.24, 2.45) is 5.92 Å². The Morgan fingerprint density at radius 1 is 1.38 bits per heavy atom. The molecule has 2 atom stereocenters. The molecule has 1 aliphatic rings. The van der Waals surface area contributed by atoms with Gasteiger partial charge in [-0.05, 0) is 18.1 Å². The summed E-state index contributed by atoms with van der Waals surface area (Å²) in [7, 11) is 0. The molecule has 3 nitrogen and oxygen atoms in total. The lowest BCUT2D eigenvalue weighted by Gasteiger charge is -2.28. The van der Waals surface area contributed by atoms with Crippen LogP contribution in [0.5, 0.6) is 0 Å². The van der Waals surface area contributed by atoms with Gasteiger partial charge in [-0.25, -0.2) is 4.39 Å². The first-order valence-electron chi connectivity index (χ1n) is 5.36. The Bertz CT molecular complexity index is 394. The van der Waals surface area contributed by atoms with Crippen LogP contribution in [-0.4, -0.2) is 24.2 Å². The van der Waals surface area contributed by atoms with Crippen molar-refractivity contribution >= 4 is 5.97 Å². The fourth-order valence-corrected chi connectivity index (χ4v) is 2.17. The number of piperidine rings is 1. The van der Waals surface area contributed by atoms with E-state index in [1.807, 2.05) is 0 Å². The Morgan fingerprint density at radius 3 is 2.81 bits per heavy atom. The standard InChI is InChI=1S/C12H14FNO2/c13-11-4-2-1-3-10(11)8-5-9(12(15)16)7-14-6-8/h1-4,8-9,14H,5-7H2,(H,15,16)/t8-,9-/m0/s1. The number of hydrogen-bond donors (Lipinski definition) is 2. The summed E-state index contributed by atoms with van der Waals surface area (Å²) in [6.45, 7) is 1.12. The first kappa shape index (κ1) is 11.1. The molecule has 0 unspecified atom stereocenters. The van der Waals surface area contributed by atoms with E-state index in [2.05, 4.69) is 5.32 Å². The molecule has 0 saturated carbocycles. The zero-order valence-electron chi connectivity index (χ0n) is 8.82. The van der Waals surface area contributed by atoms with Gasteiger partial charge in [0.25, 0.3) is 0 Å². The molecule has 1 fully saturated rings. The summed E-state index contributed by atoms with van der Waals surface area (Å²) in [6, 6.07) is 6.57. The quantitative estimate of drug-likeness (QED) is 0.800. The maximum atomic E-state index is 13.5. The molecule has 1 aliphatic heterocycles. The minimum atomic E-state index is -0.812. The van der Waals surface area contributed by atoms with E-state index in [-0.39, 0.29) is 11.7 Å². The molecule has 0 bridgehead atoms. The van der Waals surface area contributed by atoms with Crippen LogP contribution >= 0.6 is 0 Å². The maximum Gasteiger partial charge on any atom is 0.307 e. The molecule has 0 radical (unpaired) electrons. The highest BCUT2D eigenvalue weighted by Gasteiger charge is 2.28. The summed E-state index contributed by atoms with van der Waals surface area (Å²) in [5.41, 5.74) is 0.612. The van der Waals surface area contributed by atoms with Crippen LogP contribution in [0.4, 0.5) is 4.39 Å². The maximum absolute atomic E-state index is 13.5. The van der Waals surface area contributed by atoms with Crippen LogP contribution in [0, 0.1) is 11.7 Å². The molecule has 0 aliphatic carbocycles. The van der Waals surface area contributed by atoms with Gasteiger partial charge in [-0.2, -0.15) is 0 Å². The largest absolute Gasteiger partial charge is 0.481 e. The van der Waals surface area contributed by atoms with Crippen LogP contribution in [0.3, 0.4) is 0 Å². The molecule has 2 N–H and O–H groups in total. The zero-order valence-corrected chi connectivity index (χ0v) is 8.82. The van der Waals surface area contributed by atoms with E-state index in [9.17, 15) is 9.18 Å². The van der Waals surface area contributed by atoms with Gasteiger partial charge >= 0.3 is 5.97 Å². The third-order valence-corrected chi connectivity index (χ3v) is 3.04. The highest BCUT2D eigenvalue weighted by molar-refractivity contribution is 5.70. The van der Waals surface area contributed by atoms with Crippen LogP contribution in [0.2, 0.25) is 0 Å². The second-order valence-electron chi connectivity index (χ2n) is 4.15. The van der Waals surface area contributed by atoms with Crippen molar-refractivity contribution < 1.29 is 14.3 Å². The fraction of sp³-hybridized carbons (Fsp3) is 0.417. The number of nitrogens with one attached hydrogen (secondary N) is 1. The second kappa shape index (κ2) is 4.61. The molecule has 86 valence electrons. The minimum absolute atomic E-state index is 0.0453. The van der Waals surface area contributed by atoms with Crippen molar-refractivity contribution in [1.29, 1.82) is 0 Å². The number of rotatable bonds is 2. The SMILES string of the molecule is O=C(O)[C@@H]1CNC[C@@H](c2ccccc2F)C1. The lowest BCUT2D eigenvalue weighted by Crippen LogP contribution is -2.38. The molecule has 1 aromatic carbocycles. The molecule has 1 heterocycles. The van der Waals surface area contributed by atoms with Gasteiger partial charge in [0.2, 0.25) is 0 Å². The minimum Gasteiger partial charge on any atom is -0.481 e. The van der Waals surface area contributed by atoms with E-state index in [0.29, 0.717) is 25.1 Å². The van der Waals surface area contributed by atoms with Crippen molar-refractivity contribution in [1.82, 2.24) is 5.32 Å². The van der Waals surface area contributed by atoms with Crippen molar-refractivity contribution in [2.75, 3.05) is 13.1 Å². The number of hydrogen-bond acceptors (Lipinski definition) is 2. The van der Waals surface area contributed by atoms with Crippen LogP contribution in [0.25, 0.3) is 0 Å². The molecular weight excluding hydrogens is 209 g/mol. The smallest absolute Gasteiger partial charge is 0.307 e. The van der Waals surface area contributed by atoms with Crippen molar-refractivity contribution in [3.8, 4) is 0 Å². The molecule has 1 saturated heterocycles. The molecule has 0 aromatic heterocycles. The monoisotopic (exact) mass is 223 g/mol. The van der Waals surface area contributed by atoms with Gasteiger partial charge in [0.15, 0.2) is 0 Å². The number of benzene rings is 1. The van der Waals surface area contributed by atoms with Gasteiger partial charge < -0.3 is 10.4 Å². The lowest BCUT2D eigenvalue weighted by molar-refractivity contribution is -0.142. The molecule has 2 rings (SSSR count). The summed E-state index contributed by atoms with van der Waals surface area (Å²) < 4.78 is 13.5. The highest BCUT2D eigenvalue weighted by Crippen LogP contribution is 2.28.